The van der Waals surface area contributed by atoms with Crippen LogP contribution in [0.1, 0.15) is 29.5 Å². The first-order chi connectivity index (χ1) is 11.4. The molecule has 0 radical (unpaired) electrons. The molecule has 5 rings (SSSR count). The standard InChI is InChI=1S/C18H15N5/c1-2-5-14-13(4-1)12-10-15(14)23(11-12)16-6-9-21-18(22-16)17-19-7-3-8-20-17/h1-9,12,15H,10-11H2. The molecule has 1 aliphatic carbocycles. The lowest BCUT2D eigenvalue weighted by molar-refractivity contribution is 0.729. The Labute approximate surface area is 134 Å². The van der Waals surface area contributed by atoms with Crippen molar-refractivity contribution in [1.29, 1.82) is 0 Å². The largest absolute Gasteiger partial charge is 0.349 e. The predicted octanol–water partition coefficient (Wildman–Crippen LogP) is 2.98. The highest BCUT2D eigenvalue weighted by molar-refractivity contribution is 5.55. The highest BCUT2D eigenvalue weighted by Gasteiger charge is 2.42. The lowest BCUT2D eigenvalue weighted by atomic mass is 9.99. The molecule has 1 saturated heterocycles. The average molecular weight is 301 g/mol. The van der Waals surface area contributed by atoms with E-state index in [2.05, 4.69) is 44.1 Å². The lowest BCUT2D eigenvalue weighted by Gasteiger charge is -2.30. The van der Waals surface area contributed by atoms with E-state index in [1.54, 1.807) is 24.7 Å². The molecular weight excluding hydrogens is 286 g/mol. The monoisotopic (exact) mass is 301 g/mol. The zero-order valence-electron chi connectivity index (χ0n) is 12.5. The molecule has 1 fully saturated rings. The molecule has 2 atom stereocenters. The van der Waals surface area contributed by atoms with Gasteiger partial charge in [0.05, 0.1) is 6.04 Å². The number of aromatic nitrogens is 4. The Morgan fingerprint density at radius 3 is 2.48 bits per heavy atom. The molecule has 0 saturated carbocycles. The number of fused-ring (bicyclic) bond motifs is 5. The second kappa shape index (κ2) is 4.84. The van der Waals surface area contributed by atoms with E-state index in [1.807, 2.05) is 6.07 Å². The van der Waals surface area contributed by atoms with Gasteiger partial charge in [-0.2, -0.15) is 0 Å². The summed E-state index contributed by atoms with van der Waals surface area (Å²) in [7, 11) is 0. The number of anilines is 1. The van der Waals surface area contributed by atoms with E-state index in [9.17, 15) is 0 Å². The van der Waals surface area contributed by atoms with E-state index in [0.29, 0.717) is 23.6 Å². The maximum atomic E-state index is 4.71. The van der Waals surface area contributed by atoms with E-state index in [1.165, 1.54) is 17.5 Å². The zero-order valence-corrected chi connectivity index (χ0v) is 12.5. The van der Waals surface area contributed by atoms with Crippen molar-refractivity contribution in [3.8, 4) is 11.6 Å². The fraction of sp³-hybridized carbons (Fsp3) is 0.222. The third-order valence-corrected chi connectivity index (χ3v) is 4.80. The first kappa shape index (κ1) is 12.7. The third-order valence-electron chi connectivity index (χ3n) is 4.80. The van der Waals surface area contributed by atoms with E-state index < -0.39 is 0 Å². The van der Waals surface area contributed by atoms with Gasteiger partial charge >= 0.3 is 0 Å². The molecule has 0 N–H and O–H groups in total. The highest BCUT2D eigenvalue weighted by atomic mass is 15.3. The highest BCUT2D eigenvalue weighted by Crippen LogP contribution is 2.51. The van der Waals surface area contributed by atoms with Crippen LogP contribution in [-0.2, 0) is 0 Å². The van der Waals surface area contributed by atoms with Crippen LogP contribution in [0.3, 0.4) is 0 Å². The van der Waals surface area contributed by atoms with E-state index in [-0.39, 0.29) is 0 Å². The van der Waals surface area contributed by atoms with Crippen LogP contribution >= 0.6 is 0 Å². The van der Waals surface area contributed by atoms with Gasteiger partial charge in [-0.15, -0.1) is 0 Å². The molecule has 112 valence electrons. The van der Waals surface area contributed by atoms with Crippen molar-refractivity contribution in [1.82, 2.24) is 19.9 Å². The Hall–Kier alpha value is -2.82. The van der Waals surface area contributed by atoms with Crippen molar-refractivity contribution in [2.75, 3.05) is 11.4 Å². The summed E-state index contributed by atoms with van der Waals surface area (Å²) in [5.74, 6) is 2.73. The summed E-state index contributed by atoms with van der Waals surface area (Å²) in [6, 6.07) is 13.0. The van der Waals surface area contributed by atoms with Crippen molar-refractivity contribution in [3.05, 3.63) is 66.1 Å². The molecule has 2 aromatic heterocycles. The first-order valence-corrected chi connectivity index (χ1v) is 7.86. The molecule has 5 nitrogen and oxygen atoms in total. The number of nitrogens with zero attached hydrogens (tertiary/aromatic N) is 5. The van der Waals surface area contributed by atoms with Gasteiger partial charge in [0.1, 0.15) is 5.82 Å². The van der Waals surface area contributed by atoms with Gasteiger partial charge in [0.2, 0.25) is 0 Å². The van der Waals surface area contributed by atoms with Gasteiger partial charge in [-0.05, 0) is 29.7 Å². The van der Waals surface area contributed by atoms with Crippen LogP contribution in [0.2, 0.25) is 0 Å². The molecule has 1 aromatic carbocycles. The van der Waals surface area contributed by atoms with Crippen molar-refractivity contribution in [2.24, 2.45) is 0 Å². The van der Waals surface area contributed by atoms with Crippen LogP contribution < -0.4 is 4.90 Å². The summed E-state index contributed by atoms with van der Waals surface area (Å²) >= 11 is 0. The number of hydrogen-bond acceptors (Lipinski definition) is 5. The summed E-state index contributed by atoms with van der Waals surface area (Å²) in [4.78, 5) is 19.9. The maximum Gasteiger partial charge on any atom is 0.199 e. The Balaban J connectivity index is 1.53. The van der Waals surface area contributed by atoms with Crippen molar-refractivity contribution in [3.63, 3.8) is 0 Å². The Morgan fingerprint density at radius 1 is 0.826 bits per heavy atom. The fourth-order valence-electron chi connectivity index (χ4n) is 3.83. The molecule has 2 unspecified atom stereocenters. The number of rotatable bonds is 2. The van der Waals surface area contributed by atoms with Gasteiger partial charge < -0.3 is 4.90 Å². The topological polar surface area (TPSA) is 54.8 Å². The van der Waals surface area contributed by atoms with Crippen LogP contribution in [0.15, 0.2) is 55.0 Å². The molecule has 0 spiro atoms. The fourth-order valence-corrected chi connectivity index (χ4v) is 3.83. The Bertz CT molecular complexity index is 864. The van der Waals surface area contributed by atoms with Crippen LogP contribution in [0.4, 0.5) is 5.82 Å². The minimum atomic E-state index is 0.427. The summed E-state index contributed by atoms with van der Waals surface area (Å²) < 4.78 is 0. The Morgan fingerprint density at radius 2 is 1.61 bits per heavy atom. The summed E-state index contributed by atoms with van der Waals surface area (Å²) in [6.45, 7) is 1.02. The summed E-state index contributed by atoms with van der Waals surface area (Å²) in [6.07, 6.45) is 6.41. The molecule has 1 aliphatic heterocycles. The van der Waals surface area contributed by atoms with Gasteiger partial charge in [0.15, 0.2) is 11.6 Å². The minimum absolute atomic E-state index is 0.427. The van der Waals surface area contributed by atoms with Gasteiger partial charge in [-0.25, -0.2) is 19.9 Å². The third kappa shape index (κ3) is 1.93. The van der Waals surface area contributed by atoms with E-state index >= 15 is 0 Å². The van der Waals surface area contributed by atoms with Crippen LogP contribution in [0, 0.1) is 0 Å². The van der Waals surface area contributed by atoms with Gasteiger partial charge in [-0.1, -0.05) is 24.3 Å². The van der Waals surface area contributed by atoms with Crippen molar-refractivity contribution >= 4 is 5.82 Å². The molecule has 2 bridgehead atoms. The molecule has 23 heavy (non-hydrogen) atoms. The molecule has 5 heteroatoms. The van der Waals surface area contributed by atoms with Gasteiger partial charge in [0.25, 0.3) is 0 Å². The number of benzene rings is 1. The van der Waals surface area contributed by atoms with Crippen molar-refractivity contribution in [2.45, 2.75) is 18.4 Å². The predicted molar refractivity (Wildman–Crippen MR) is 86.9 cm³/mol. The smallest absolute Gasteiger partial charge is 0.199 e. The van der Waals surface area contributed by atoms with E-state index in [4.69, 9.17) is 4.98 Å². The van der Waals surface area contributed by atoms with Gasteiger partial charge in [0, 0.05) is 31.1 Å². The normalized spacial score (nSPS) is 21.5. The molecular formula is C18H15N5. The molecule has 3 aromatic rings. The maximum absolute atomic E-state index is 4.71. The van der Waals surface area contributed by atoms with Crippen molar-refractivity contribution < 1.29 is 0 Å². The minimum Gasteiger partial charge on any atom is -0.349 e. The van der Waals surface area contributed by atoms with Crippen LogP contribution in [0.5, 0.6) is 0 Å². The SMILES string of the molecule is c1cnc(-c2nccc(N3CC4CC3c3ccccc34)n2)nc1. The molecule has 0 amide bonds. The zero-order chi connectivity index (χ0) is 15.2. The Kier molecular flexibility index (Phi) is 2.67. The molecule has 3 heterocycles. The average Bonchev–Trinajstić information content (AvgIpc) is 3.22. The summed E-state index contributed by atoms with van der Waals surface area (Å²) in [5, 5.41) is 0. The quantitative estimate of drug-likeness (QED) is 0.728. The summed E-state index contributed by atoms with van der Waals surface area (Å²) in [5.41, 5.74) is 2.95. The number of hydrogen-bond donors (Lipinski definition) is 0. The van der Waals surface area contributed by atoms with E-state index in [0.717, 1.165) is 12.4 Å². The van der Waals surface area contributed by atoms with Gasteiger partial charge in [-0.3, -0.25) is 0 Å². The first-order valence-electron chi connectivity index (χ1n) is 7.86. The second-order valence-electron chi connectivity index (χ2n) is 6.04. The second-order valence-corrected chi connectivity index (χ2v) is 6.04. The lowest BCUT2D eigenvalue weighted by Crippen LogP contribution is -2.28. The van der Waals surface area contributed by atoms with Crippen LogP contribution in [-0.4, -0.2) is 26.5 Å². The van der Waals surface area contributed by atoms with Crippen LogP contribution in [0.25, 0.3) is 11.6 Å². The molecule has 2 aliphatic rings.